The number of hydrogen-bond donors (Lipinski definition) is 1. The zero-order valence-corrected chi connectivity index (χ0v) is 24.6. The Balaban J connectivity index is 1.21. The predicted molar refractivity (Wildman–Crippen MR) is 186 cm³/mol. The lowest BCUT2D eigenvalue weighted by molar-refractivity contribution is 0.670. The molecule has 0 fully saturated rings. The fourth-order valence-electron chi connectivity index (χ4n) is 7.50. The molecule has 1 aliphatic rings. The van der Waals surface area contributed by atoms with Crippen LogP contribution in [0.2, 0.25) is 0 Å². The maximum atomic E-state index is 6.57. The van der Waals surface area contributed by atoms with Crippen molar-refractivity contribution in [2.24, 2.45) is 0 Å². The molecule has 1 aromatic heterocycles. The molecule has 2 nitrogen and oxygen atoms in total. The maximum absolute atomic E-state index is 6.57. The molecule has 1 N–H and O–H groups in total. The molecule has 0 aliphatic heterocycles. The summed E-state index contributed by atoms with van der Waals surface area (Å²) >= 11 is 0. The van der Waals surface area contributed by atoms with Gasteiger partial charge in [0.2, 0.25) is 0 Å². The van der Waals surface area contributed by atoms with Gasteiger partial charge in [0, 0.05) is 16.5 Å². The van der Waals surface area contributed by atoms with Crippen LogP contribution in [0.3, 0.4) is 0 Å². The van der Waals surface area contributed by atoms with Crippen molar-refractivity contribution >= 4 is 33.3 Å². The SMILES string of the molecule is c1ccc(-c2cccc3oc4c(Nc5cccc(C6(c7ccccc7)c7ccccc7-c7ccccc76)c5)cccc4c23)cc1. The first-order valence-corrected chi connectivity index (χ1v) is 15.4. The van der Waals surface area contributed by atoms with E-state index in [0.29, 0.717) is 0 Å². The van der Waals surface area contributed by atoms with E-state index in [4.69, 9.17) is 4.42 Å². The Kier molecular flexibility index (Phi) is 5.76. The number of fused-ring (bicyclic) bond motifs is 6. The summed E-state index contributed by atoms with van der Waals surface area (Å²) in [6.07, 6.45) is 0. The smallest absolute Gasteiger partial charge is 0.158 e. The molecule has 0 saturated carbocycles. The molecule has 0 amide bonds. The van der Waals surface area contributed by atoms with Crippen LogP contribution in [0, 0.1) is 0 Å². The Bertz CT molecular complexity index is 2300. The van der Waals surface area contributed by atoms with Gasteiger partial charge in [0.15, 0.2) is 5.58 Å². The summed E-state index contributed by atoms with van der Waals surface area (Å²) in [7, 11) is 0. The summed E-state index contributed by atoms with van der Waals surface area (Å²) in [5.41, 5.74) is 13.3. The van der Waals surface area contributed by atoms with Gasteiger partial charge in [0.1, 0.15) is 5.58 Å². The lowest BCUT2D eigenvalue weighted by Gasteiger charge is -2.34. The van der Waals surface area contributed by atoms with E-state index < -0.39 is 5.41 Å². The van der Waals surface area contributed by atoms with E-state index in [2.05, 4.69) is 175 Å². The van der Waals surface area contributed by atoms with Gasteiger partial charge in [-0.05, 0) is 68.8 Å². The van der Waals surface area contributed by atoms with E-state index in [9.17, 15) is 0 Å². The molecule has 2 heteroatoms. The maximum Gasteiger partial charge on any atom is 0.158 e. The van der Waals surface area contributed by atoms with E-state index >= 15 is 0 Å². The molecule has 45 heavy (non-hydrogen) atoms. The lowest BCUT2D eigenvalue weighted by atomic mass is 9.67. The molecule has 0 spiro atoms. The van der Waals surface area contributed by atoms with Crippen molar-refractivity contribution in [3.05, 3.63) is 192 Å². The number of anilines is 2. The van der Waals surface area contributed by atoms with Gasteiger partial charge in [-0.15, -0.1) is 0 Å². The standard InChI is InChI=1S/C43H29NO/c1-3-14-29(15-4-1)33-22-13-27-40-41(33)36-23-12-26-39(42(36)45-40)44-32-19-11-18-31(28-32)43(30-16-5-2-6-17-30)37-24-9-7-20-34(37)35-21-8-10-25-38(35)43/h1-28,44H. The zero-order valence-electron chi connectivity index (χ0n) is 24.6. The third-order valence-electron chi connectivity index (χ3n) is 9.34. The zero-order chi connectivity index (χ0) is 29.8. The average Bonchev–Trinajstić information content (AvgIpc) is 3.64. The third-order valence-corrected chi connectivity index (χ3v) is 9.34. The first kappa shape index (κ1) is 25.6. The Morgan fingerprint density at radius 3 is 1.82 bits per heavy atom. The van der Waals surface area contributed by atoms with Gasteiger partial charge in [0.05, 0.1) is 11.1 Å². The molecule has 8 aromatic rings. The number of furan rings is 1. The van der Waals surface area contributed by atoms with Crippen LogP contribution in [-0.2, 0) is 5.41 Å². The average molecular weight is 576 g/mol. The highest BCUT2D eigenvalue weighted by atomic mass is 16.3. The summed E-state index contributed by atoms with van der Waals surface area (Å²) in [5, 5.41) is 5.99. The number of benzene rings is 7. The normalized spacial score (nSPS) is 13.1. The first-order chi connectivity index (χ1) is 22.3. The Morgan fingerprint density at radius 1 is 0.467 bits per heavy atom. The molecule has 7 aromatic carbocycles. The fourth-order valence-corrected chi connectivity index (χ4v) is 7.50. The lowest BCUT2D eigenvalue weighted by Crippen LogP contribution is -2.28. The van der Waals surface area contributed by atoms with Gasteiger partial charge in [-0.1, -0.05) is 146 Å². The van der Waals surface area contributed by atoms with E-state index in [1.54, 1.807) is 0 Å². The van der Waals surface area contributed by atoms with Crippen molar-refractivity contribution in [1.82, 2.24) is 0 Å². The number of nitrogens with one attached hydrogen (secondary N) is 1. The van der Waals surface area contributed by atoms with E-state index in [-0.39, 0.29) is 0 Å². The van der Waals surface area contributed by atoms with Crippen LogP contribution in [0.15, 0.2) is 174 Å². The highest BCUT2D eigenvalue weighted by Gasteiger charge is 2.45. The molecular formula is C43H29NO. The first-order valence-electron chi connectivity index (χ1n) is 15.4. The van der Waals surface area contributed by atoms with Crippen LogP contribution in [0.25, 0.3) is 44.2 Å². The number of para-hydroxylation sites is 1. The summed E-state index contributed by atoms with van der Waals surface area (Å²) in [5.74, 6) is 0. The van der Waals surface area contributed by atoms with Gasteiger partial charge in [-0.2, -0.15) is 0 Å². The van der Waals surface area contributed by atoms with Crippen LogP contribution >= 0.6 is 0 Å². The largest absolute Gasteiger partial charge is 0.454 e. The second-order valence-electron chi connectivity index (χ2n) is 11.7. The summed E-state index contributed by atoms with van der Waals surface area (Å²) in [4.78, 5) is 0. The van der Waals surface area contributed by atoms with Crippen molar-refractivity contribution in [1.29, 1.82) is 0 Å². The monoisotopic (exact) mass is 575 g/mol. The van der Waals surface area contributed by atoms with Gasteiger partial charge < -0.3 is 9.73 Å². The van der Waals surface area contributed by atoms with Crippen LogP contribution < -0.4 is 5.32 Å². The van der Waals surface area contributed by atoms with E-state index in [0.717, 1.165) is 33.3 Å². The van der Waals surface area contributed by atoms with Crippen molar-refractivity contribution < 1.29 is 4.42 Å². The molecule has 0 unspecified atom stereocenters. The molecule has 0 bridgehead atoms. The molecule has 9 rings (SSSR count). The van der Waals surface area contributed by atoms with Crippen molar-refractivity contribution in [3.8, 4) is 22.3 Å². The molecule has 1 heterocycles. The summed E-state index contributed by atoms with van der Waals surface area (Å²) < 4.78 is 6.57. The molecular weight excluding hydrogens is 546 g/mol. The topological polar surface area (TPSA) is 25.2 Å². The minimum atomic E-state index is -0.442. The van der Waals surface area contributed by atoms with Gasteiger partial charge >= 0.3 is 0 Å². The fraction of sp³-hybridized carbons (Fsp3) is 0.0233. The minimum absolute atomic E-state index is 0.442. The van der Waals surface area contributed by atoms with Gasteiger partial charge in [0.25, 0.3) is 0 Å². The summed E-state index contributed by atoms with van der Waals surface area (Å²) in [6, 6.07) is 60.7. The molecule has 1 aliphatic carbocycles. The van der Waals surface area contributed by atoms with Crippen LogP contribution in [-0.4, -0.2) is 0 Å². The molecule has 0 saturated heterocycles. The summed E-state index contributed by atoms with van der Waals surface area (Å²) in [6.45, 7) is 0. The quantitative estimate of drug-likeness (QED) is 0.221. The Hall–Kier alpha value is -5.86. The van der Waals surface area contributed by atoms with E-state index in [1.165, 1.54) is 44.5 Å². The number of rotatable bonds is 5. The molecule has 212 valence electrons. The van der Waals surface area contributed by atoms with Crippen molar-refractivity contribution in [2.75, 3.05) is 5.32 Å². The Labute approximate surface area is 262 Å². The molecule has 0 radical (unpaired) electrons. The van der Waals surface area contributed by atoms with Gasteiger partial charge in [-0.25, -0.2) is 0 Å². The van der Waals surface area contributed by atoms with Crippen LogP contribution in [0.5, 0.6) is 0 Å². The van der Waals surface area contributed by atoms with Crippen LogP contribution in [0.1, 0.15) is 22.3 Å². The van der Waals surface area contributed by atoms with Crippen molar-refractivity contribution in [3.63, 3.8) is 0 Å². The van der Waals surface area contributed by atoms with Crippen LogP contribution in [0.4, 0.5) is 11.4 Å². The van der Waals surface area contributed by atoms with Crippen molar-refractivity contribution in [2.45, 2.75) is 5.41 Å². The second-order valence-corrected chi connectivity index (χ2v) is 11.7. The molecule has 0 atom stereocenters. The van der Waals surface area contributed by atoms with E-state index in [1.807, 2.05) is 0 Å². The second kappa shape index (κ2) is 10.1. The highest BCUT2D eigenvalue weighted by molar-refractivity contribution is 6.15. The minimum Gasteiger partial charge on any atom is -0.454 e. The van der Waals surface area contributed by atoms with Gasteiger partial charge in [-0.3, -0.25) is 0 Å². The number of hydrogen-bond acceptors (Lipinski definition) is 2. The Morgan fingerprint density at radius 2 is 1.07 bits per heavy atom. The third kappa shape index (κ3) is 3.82. The predicted octanol–water partition coefficient (Wildman–Crippen LogP) is 11.4. The highest BCUT2D eigenvalue weighted by Crippen LogP contribution is 2.56.